The van der Waals surface area contributed by atoms with Gasteiger partial charge in [-0.1, -0.05) is 12.1 Å². The third kappa shape index (κ3) is 2.05. The zero-order valence-electron chi connectivity index (χ0n) is 8.82. The second kappa shape index (κ2) is 3.98. The Labute approximate surface area is 84.5 Å². The van der Waals surface area contributed by atoms with Gasteiger partial charge in [0.25, 0.3) is 0 Å². The molecule has 0 saturated heterocycles. The van der Waals surface area contributed by atoms with E-state index in [-0.39, 0.29) is 6.04 Å². The van der Waals surface area contributed by atoms with E-state index in [1.54, 1.807) is 21.0 Å². The summed E-state index contributed by atoms with van der Waals surface area (Å²) in [5.74, 6) is 0.772. The van der Waals surface area contributed by atoms with Gasteiger partial charge in [0.15, 0.2) is 0 Å². The van der Waals surface area contributed by atoms with Crippen LogP contribution in [0.2, 0.25) is 0 Å². The molecule has 0 aliphatic heterocycles. The lowest BCUT2D eigenvalue weighted by Gasteiger charge is -2.28. The van der Waals surface area contributed by atoms with Crippen LogP contribution in [-0.2, 0) is 5.60 Å². The first kappa shape index (κ1) is 11.0. The Morgan fingerprint density at radius 3 is 2.21 bits per heavy atom. The molecule has 2 unspecified atom stereocenters. The quantitative estimate of drug-likeness (QED) is 0.763. The largest absolute Gasteiger partial charge is 0.497 e. The van der Waals surface area contributed by atoms with Crippen LogP contribution in [-0.4, -0.2) is 18.3 Å². The Kier molecular flexibility index (Phi) is 3.13. The standard InChI is InChI=1S/C11H17NO2/c1-8(12)11(2,13)9-4-6-10(14-3)7-5-9/h4-8,13H,12H2,1-3H3. The van der Waals surface area contributed by atoms with Gasteiger partial charge in [0.1, 0.15) is 11.4 Å². The number of benzene rings is 1. The van der Waals surface area contributed by atoms with Crippen LogP contribution in [0.5, 0.6) is 5.75 Å². The fraction of sp³-hybridized carbons (Fsp3) is 0.455. The van der Waals surface area contributed by atoms with Gasteiger partial charge in [-0.25, -0.2) is 0 Å². The first-order valence-corrected chi connectivity index (χ1v) is 4.61. The van der Waals surface area contributed by atoms with Gasteiger partial charge in [-0.05, 0) is 31.5 Å². The van der Waals surface area contributed by atoms with E-state index < -0.39 is 5.60 Å². The molecule has 1 rings (SSSR count). The molecule has 1 aromatic rings. The van der Waals surface area contributed by atoms with E-state index >= 15 is 0 Å². The predicted octanol–water partition coefficient (Wildman–Crippen LogP) is 1.25. The minimum absolute atomic E-state index is 0.309. The summed E-state index contributed by atoms with van der Waals surface area (Å²) in [6.45, 7) is 3.49. The molecular weight excluding hydrogens is 178 g/mol. The van der Waals surface area contributed by atoms with Crippen LogP contribution < -0.4 is 10.5 Å². The topological polar surface area (TPSA) is 55.5 Å². The molecular formula is C11H17NO2. The van der Waals surface area contributed by atoms with E-state index in [2.05, 4.69) is 0 Å². The van der Waals surface area contributed by atoms with Crippen LogP contribution in [0.4, 0.5) is 0 Å². The maximum atomic E-state index is 10.1. The Balaban J connectivity index is 2.97. The summed E-state index contributed by atoms with van der Waals surface area (Å²) < 4.78 is 5.03. The van der Waals surface area contributed by atoms with Gasteiger partial charge in [0.2, 0.25) is 0 Å². The van der Waals surface area contributed by atoms with E-state index in [1.165, 1.54) is 0 Å². The number of hydrogen-bond acceptors (Lipinski definition) is 3. The van der Waals surface area contributed by atoms with Crippen LogP contribution in [0.3, 0.4) is 0 Å². The molecule has 3 nitrogen and oxygen atoms in total. The van der Waals surface area contributed by atoms with Gasteiger partial charge < -0.3 is 15.6 Å². The normalized spacial score (nSPS) is 17.2. The lowest BCUT2D eigenvalue weighted by Crippen LogP contribution is -2.40. The highest BCUT2D eigenvalue weighted by Crippen LogP contribution is 2.25. The number of aliphatic hydroxyl groups is 1. The van der Waals surface area contributed by atoms with Crippen molar-refractivity contribution < 1.29 is 9.84 Å². The van der Waals surface area contributed by atoms with Crippen molar-refractivity contribution in [2.45, 2.75) is 25.5 Å². The second-order valence-electron chi connectivity index (χ2n) is 3.66. The zero-order chi connectivity index (χ0) is 10.8. The summed E-state index contributed by atoms with van der Waals surface area (Å²) in [4.78, 5) is 0. The van der Waals surface area contributed by atoms with Crippen LogP contribution >= 0.6 is 0 Å². The molecule has 0 aliphatic carbocycles. The highest BCUT2D eigenvalue weighted by molar-refractivity contribution is 5.31. The summed E-state index contributed by atoms with van der Waals surface area (Å²) in [7, 11) is 1.61. The zero-order valence-corrected chi connectivity index (χ0v) is 8.82. The van der Waals surface area contributed by atoms with Gasteiger partial charge >= 0.3 is 0 Å². The Morgan fingerprint density at radius 1 is 1.36 bits per heavy atom. The summed E-state index contributed by atoms with van der Waals surface area (Å²) >= 11 is 0. The molecule has 0 aliphatic rings. The molecule has 78 valence electrons. The highest BCUT2D eigenvalue weighted by atomic mass is 16.5. The van der Waals surface area contributed by atoms with Gasteiger partial charge in [-0.3, -0.25) is 0 Å². The van der Waals surface area contributed by atoms with Crippen molar-refractivity contribution in [3.8, 4) is 5.75 Å². The number of methoxy groups -OCH3 is 1. The third-order valence-corrected chi connectivity index (χ3v) is 2.56. The lowest BCUT2D eigenvalue weighted by atomic mass is 9.90. The minimum atomic E-state index is -0.994. The maximum Gasteiger partial charge on any atom is 0.118 e. The number of hydrogen-bond donors (Lipinski definition) is 2. The van der Waals surface area contributed by atoms with Crippen LogP contribution in [0, 0.1) is 0 Å². The first-order valence-electron chi connectivity index (χ1n) is 4.61. The molecule has 0 fully saturated rings. The predicted molar refractivity (Wildman–Crippen MR) is 56.2 cm³/mol. The van der Waals surface area contributed by atoms with E-state index in [4.69, 9.17) is 10.5 Å². The maximum absolute atomic E-state index is 10.1. The second-order valence-corrected chi connectivity index (χ2v) is 3.66. The van der Waals surface area contributed by atoms with Crippen molar-refractivity contribution in [1.82, 2.24) is 0 Å². The summed E-state index contributed by atoms with van der Waals surface area (Å²) in [6.07, 6.45) is 0. The average Bonchev–Trinajstić information content (AvgIpc) is 2.17. The smallest absolute Gasteiger partial charge is 0.118 e. The molecule has 0 bridgehead atoms. The summed E-state index contributed by atoms with van der Waals surface area (Å²) in [5.41, 5.74) is 5.50. The van der Waals surface area contributed by atoms with Crippen molar-refractivity contribution in [2.75, 3.05) is 7.11 Å². The van der Waals surface area contributed by atoms with Crippen molar-refractivity contribution in [2.24, 2.45) is 5.73 Å². The first-order chi connectivity index (χ1) is 6.48. The molecule has 0 spiro atoms. The van der Waals surface area contributed by atoms with E-state index in [0.29, 0.717) is 0 Å². The minimum Gasteiger partial charge on any atom is -0.497 e. The molecule has 3 heteroatoms. The van der Waals surface area contributed by atoms with E-state index in [0.717, 1.165) is 11.3 Å². The monoisotopic (exact) mass is 195 g/mol. The van der Waals surface area contributed by atoms with Crippen molar-refractivity contribution in [3.05, 3.63) is 29.8 Å². The fourth-order valence-electron chi connectivity index (χ4n) is 1.19. The van der Waals surface area contributed by atoms with Crippen molar-refractivity contribution in [1.29, 1.82) is 0 Å². The number of nitrogens with two attached hydrogens (primary N) is 1. The summed E-state index contributed by atoms with van der Waals surface area (Å²) in [5, 5.41) is 10.1. The lowest BCUT2D eigenvalue weighted by molar-refractivity contribution is 0.0349. The molecule has 1 aromatic carbocycles. The molecule has 2 atom stereocenters. The average molecular weight is 195 g/mol. The highest BCUT2D eigenvalue weighted by Gasteiger charge is 2.27. The van der Waals surface area contributed by atoms with E-state index in [1.807, 2.05) is 24.3 Å². The van der Waals surface area contributed by atoms with Crippen LogP contribution in [0.15, 0.2) is 24.3 Å². The van der Waals surface area contributed by atoms with E-state index in [9.17, 15) is 5.11 Å². The van der Waals surface area contributed by atoms with Gasteiger partial charge in [0, 0.05) is 6.04 Å². The summed E-state index contributed by atoms with van der Waals surface area (Å²) in [6, 6.07) is 6.96. The molecule has 0 aromatic heterocycles. The SMILES string of the molecule is COc1ccc(C(C)(O)C(C)N)cc1. The van der Waals surface area contributed by atoms with Crippen molar-refractivity contribution >= 4 is 0 Å². The third-order valence-electron chi connectivity index (χ3n) is 2.56. The molecule has 0 radical (unpaired) electrons. The Hall–Kier alpha value is -1.06. The Bertz CT molecular complexity index is 291. The van der Waals surface area contributed by atoms with Gasteiger partial charge in [0.05, 0.1) is 7.11 Å². The molecule has 0 heterocycles. The fourth-order valence-corrected chi connectivity index (χ4v) is 1.19. The molecule has 3 N–H and O–H groups in total. The molecule has 0 amide bonds. The van der Waals surface area contributed by atoms with Gasteiger partial charge in [-0.2, -0.15) is 0 Å². The number of rotatable bonds is 3. The van der Waals surface area contributed by atoms with Gasteiger partial charge in [-0.15, -0.1) is 0 Å². The Morgan fingerprint density at radius 2 is 1.86 bits per heavy atom. The number of ether oxygens (including phenoxy) is 1. The molecule has 0 saturated carbocycles. The molecule has 14 heavy (non-hydrogen) atoms. The van der Waals surface area contributed by atoms with Crippen LogP contribution in [0.25, 0.3) is 0 Å². The van der Waals surface area contributed by atoms with Crippen molar-refractivity contribution in [3.63, 3.8) is 0 Å². The van der Waals surface area contributed by atoms with Crippen LogP contribution in [0.1, 0.15) is 19.4 Å².